The van der Waals surface area contributed by atoms with Gasteiger partial charge in [0.05, 0.1) is 0 Å². The van der Waals surface area contributed by atoms with Crippen LogP contribution in [0.4, 0.5) is 4.39 Å². The molecule has 2 nitrogen and oxygen atoms in total. The lowest BCUT2D eigenvalue weighted by molar-refractivity contribution is -0.00570. The average Bonchev–Trinajstić information content (AvgIpc) is 2.46. The Kier molecular flexibility index (Phi) is 5.01. The van der Waals surface area contributed by atoms with Crippen LogP contribution in [0.2, 0.25) is 0 Å². The van der Waals surface area contributed by atoms with E-state index < -0.39 is 0 Å². The number of nitrogens with zero attached hydrogens (tertiary/aromatic N) is 1. The van der Waals surface area contributed by atoms with Gasteiger partial charge in [-0.25, -0.2) is 4.39 Å². The van der Waals surface area contributed by atoms with Gasteiger partial charge in [0.2, 0.25) is 0 Å². The molecule has 2 atom stereocenters. The maximum atomic E-state index is 14.1. The van der Waals surface area contributed by atoms with Crippen LogP contribution in [0.3, 0.4) is 0 Å². The number of hydrogen-bond donors (Lipinski definition) is 1. The highest BCUT2D eigenvalue weighted by molar-refractivity contribution is 7.99. The Morgan fingerprint density at radius 2 is 2.05 bits per heavy atom. The molecule has 118 valence electrons. The first-order valence-corrected chi connectivity index (χ1v) is 8.76. The molecule has 21 heavy (non-hydrogen) atoms. The van der Waals surface area contributed by atoms with Crippen LogP contribution in [-0.2, 0) is 0 Å². The van der Waals surface area contributed by atoms with Crippen molar-refractivity contribution in [1.82, 2.24) is 4.90 Å². The smallest absolute Gasteiger partial charge is 0.127 e. The van der Waals surface area contributed by atoms with Gasteiger partial charge in [-0.1, -0.05) is 32.0 Å². The van der Waals surface area contributed by atoms with E-state index in [1.54, 1.807) is 6.07 Å². The Morgan fingerprint density at radius 1 is 1.38 bits per heavy atom. The Labute approximate surface area is 132 Å². The molecule has 0 spiro atoms. The number of hydrogen-bond acceptors (Lipinski definition) is 3. The SMILES string of the molecule is CC(c1ccccc1F)N(C)C1(CN)CSCCC1(C)C. The Balaban J connectivity index is 2.36. The summed E-state index contributed by atoms with van der Waals surface area (Å²) in [5, 5.41) is 0. The molecule has 0 radical (unpaired) electrons. The van der Waals surface area contributed by atoms with Crippen LogP contribution in [0.1, 0.15) is 38.8 Å². The zero-order valence-electron chi connectivity index (χ0n) is 13.5. The summed E-state index contributed by atoms with van der Waals surface area (Å²) in [6, 6.07) is 7.07. The molecular weight excluding hydrogens is 283 g/mol. The van der Waals surface area contributed by atoms with Gasteiger partial charge in [-0.15, -0.1) is 0 Å². The third kappa shape index (κ3) is 2.86. The van der Waals surface area contributed by atoms with Gasteiger partial charge in [0.15, 0.2) is 0 Å². The molecule has 0 aliphatic carbocycles. The molecule has 1 aromatic rings. The molecule has 1 fully saturated rings. The van der Waals surface area contributed by atoms with Crippen molar-refractivity contribution in [2.24, 2.45) is 11.1 Å². The lowest BCUT2D eigenvalue weighted by Gasteiger charge is -2.56. The quantitative estimate of drug-likeness (QED) is 0.920. The maximum Gasteiger partial charge on any atom is 0.127 e. The van der Waals surface area contributed by atoms with Crippen LogP contribution in [0.25, 0.3) is 0 Å². The van der Waals surface area contributed by atoms with Crippen molar-refractivity contribution in [3.8, 4) is 0 Å². The van der Waals surface area contributed by atoms with Gasteiger partial charge in [0, 0.05) is 29.4 Å². The summed E-state index contributed by atoms with van der Waals surface area (Å²) in [6.07, 6.45) is 1.14. The highest BCUT2D eigenvalue weighted by Gasteiger charge is 2.50. The summed E-state index contributed by atoms with van der Waals surface area (Å²) in [4.78, 5) is 2.30. The number of thioether (sulfide) groups is 1. The molecule has 0 aromatic heterocycles. The second-order valence-electron chi connectivity index (χ2n) is 6.73. The van der Waals surface area contributed by atoms with Gasteiger partial charge in [-0.2, -0.15) is 11.8 Å². The molecule has 1 aromatic carbocycles. The van der Waals surface area contributed by atoms with Crippen LogP contribution in [0, 0.1) is 11.2 Å². The fourth-order valence-electron chi connectivity index (χ4n) is 3.45. The second-order valence-corrected chi connectivity index (χ2v) is 7.84. The molecule has 0 bridgehead atoms. The Hall–Kier alpha value is -0.580. The minimum absolute atomic E-state index is 0.00715. The normalized spacial score (nSPS) is 26.8. The topological polar surface area (TPSA) is 29.3 Å². The fraction of sp³-hybridized carbons (Fsp3) is 0.647. The minimum Gasteiger partial charge on any atom is -0.329 e. The minimum atomic E-state index is -0.134. The summed E-state index contributed by atoms with van der Waals surface area (Å²) in [6.45, 7) is 7.27. The summed E-state index contributed by atoms with van der Waals surface area (Å²) in [5.41, 5.74) is 7.00. The van der Waals surface area contributed by atoms with Gasteiger partial charge in [0.1, 0.15) is 5.82 Å². The highest BCUT2D eigenvalue weighted by atomic mass is 32.2. The summed E-state index contributed by atoms with van der Waals surface area (Å²) in [7, 11) is 2.09. The van der Waals surface area contributed by atoms with Crippen LogP contribution in [0.15, 0.2) is 24.3 Å². The van der Waals surface area contributed by atoms with E-state index in [2.05, 4.69) is 32.7 Å². The lowest BCUT2D eigenvalue weighted by atomic mass is 9.69. The van der Waals surface area contributed by atoms with Crippen LogP contribution >= 0.6 is 11.8 Å². The molecule has 0 amide bonds. The number of halogens is 1. The lowest BCUT2D eigenvalue weighted by Crippen LogP contribution is -2.65. The molecule has 2 N–H and O–H groups in total. The first kappa shape index (κ1) is 16.8. The van der Waals surface area contributed by atoms with Crippen molar-refractivity contribution in [3.05, 3.63) is 35.6 Å². The molecule has 0 saturated carbocycles. The fourth-order valence-corrected chi connectivity index (χ4v) is 5.30. The summed E-state index contributed by atoms with van der Waals surface area (Å²) >= 11 is 1.96. The molecular formula is C17H27FN2S. The summed E-state index contributed by atoms with van der Waals surface area (Å²) in [5.74, 6) is 2.05. The van der Waals surface area contributed by atoms with Gasteiger partial charge in [-0.05, 0) is 37.6 Å². The first-order valence-electron chi connectivity index (χ1n) is 7.61. The highest BCUT2D eigenvalue weighted by Crippen LogP contribution is 2.47. The van der Waals surface area contributed by atoms with Crippen LogP contribution in [0.5, 0.6) is 0 Å². The largest absolute Gasteiger partial charge is 0.329 e. The number of benzene rings is 1. The van der Waals surface area contributed by atoms with Gasteiger partial charge in [0.25, 0.3) is 0 Å². The molecule has 1 aliphatic rings. The molecule has 4 heteroatoms. The predicted octanol–water partition coefficient (Wildman–Crippen LogP) is 3.68. The predicted molar refractivity (Wildman–Crippen MR) is 90.1 cm³/mol. The van der Waals surface area contributed by atoms with Crippen molar-refractivity contribution in [3.63, 3.8) is 0 Å². The standard InChI is InChI=1S/C17H27FN2S/c1-13(14-7-5-6-8-15(14)18)20(4)17(11-19)12-21-10-9-16(17,2)3/h5-8,13H,9-12,19H2,1-4H3. The third-order valence-electron chi connectivity index (χ3n) is 5.42. The third-order valence-corrected chi connectivity index (χ3v) is 6.60. The van der Waals surface area contributed by atoms with Crippen LogP contribution < -0.4 is 5.73 Å². The van der Waals surface area contributed by atoms with Crippen molar-refractivity contribution < 1.29 is 4.39 Å². The van der Waals surface area contributed by atoms with Crippen molar-refractivity contribution in [1.29, 1.82) is 0 Å². The van der Waals surface area contributed by atoms with Gasteiger partial charge in [-0.3, -0.25) is 4.90 Å². The van der Waals surface area contributed by atoms with Crippen molar-refractivity contribution >= 4 is 11.8 Å². The van der Waals surface area contributed by atoms with Gasteiger partial charge >= 0.3 is 0 Å². The summed E-state index contributed by atoms with van der Waals surface area (Å²) < 4.78 is 14.1. The van der Waals surface area contributed by atoms with E-state index in [1.807, 2.05) is 23.9 Å². The number of nitrogens with two attached hydrogens (primary N) is 1. The maximum absolute atomic E-state index is 14.1. The van der Waals surface area contributed by atoms with E-state index in [0.717, 1.165) is 17.7 Å². The zero-order valence-corrected chi connectivity index (χ0v) is 14.3. The zero-order chi connectivity index (χ0) is 15.7. The molecule has 2 rings (SSSR count). The van der Waals surface area contributed by atoms with E-state index in [0.29, 0.717) is 6.54 Å². The monoisotopic (exact) mass is 310 g/mol. The Morgan fingerprint density at radius 3 is 2.62 bits per heavy atom. The van der Waals surface area contributed by atoms with Crippen molar-refractivity contribution in [2.45, 2.75) is 38.8 Å². The first-order chi connectivity index (χ1) is 9.85. The van der Waals surface area contributed by atoms with Gasteiger partial charge < -0.3 is 5.73 Å². The van der Waals surface area contributed by atoms with E-state index in [4.69, 9.17) is 5.73 Å². The molecule has 2 unspecified atom stereocenters. The molecule has 1 heterocycles. The van der Waals surface area contributed by atoms with E-state index in [-0.39, 0.29) is 22.8 Å². The molecule has 1 saturated heterocycles. The van der Waals surface area contributed by atoms with Crippen LogP contribution in [-0.4, -0.2) is 35.5 Å². The van der Waals surface area contributed by atoms with Crippen molar-refractivity contribution in [2.75, 3.05) is 25.1 Å². The second kappa shape index (κ2) is 6.27. The number of likely N-dealkylation sites (N-methyl/N-ethyl adjacent to an activating group) is 1. The van der Waals surface area contributed by atoms with E-state index in [9.17, 15) is 4.39 Å². The average molecular weight is 310 g/mol. The van der Waals surface area contributed by atoms with E-state index >= 15 is 0 Å². The Bertz CT molecular complexity index is 491. The van der Waals surface area contributed by atoms with E-state index in [1.165, 1.54) is 11.8 Å². The number of rotatable bonds is 4. The molecule has 1 aliphatic heterocycles.